The lowest BCUT2D eigenvalue weighted by molar-refractivity contribution is 0.500. The van der Waals surface area contributed by atoms with E-state index in [4.69, 9.17) is 4.42 Å². The van der Waals surface area contributed by atoms with Gasteiger partial charge in [-0.25, -0.2) is 0 Å². The first kappa shape index (κ1) is 15.4. The summed E-state index contributed by atoms with van der Waals surface area (Å²) in [5.74, 6) is 1.83. The molecule has 0 fully saturated rings. The van der Waals surface area contributed by atoms with Crippen molar-refractivity contribution >= 4 is 16.9 Å². The number of furan rings is 1. The largest absolute Gasteiger partial charge is 0.461 e. The Kier molecular flexibility index (Phi) is 4.89. The summed E-state index contributed by atoms with van der Waals surface area (Å²) in [7, 11) is 0. The molecular weight excluding hydrogens is 262 g/mol. The highest BCUT2D eigenvalue weighted by atomic mass is 16.3. The Morgan fingerprint density at radius 3 is 2.67 bits per heavy atom. The SMILES string of the molecule is CCNC(=NCCc1cc2ccccc2o1)NC(C)(C)C. The molecule has 0 atom stereocenters. The van der Waals surface area contributed by atoms with Gasteiger partial charge in [-0.15, -0.1) is 0 Å². The topological polar surface area (TPSA) is 49.6 Å². The van der Waals surface area contributed by atoms with Gasteiger partial charge in [0.15, 0.2) is 5.96 Å². The molecule has 1 heterocycles. The molecule has 2 aromatic rings. The minimum Gasteiger partial charge on any atom is -0.461 e. The van der Waals surface area contributed by atoms with Crippen LogP contribution in [0.4, 0.5) is 0 Å². The summed E-state index contributed by atoms with van der Waals surface area (Å²) in [6, 6.07) is 10.2. The normalized spacial score (nSPS) is 12.7. The molecule has 1 aromatic carbocycles. The molecule has 4 nitrogen and oxygen atoms in total. The molecule has 1 aromatic heterocycles. The zero-order chi connectivity index (χ0) is 15.3. The molecular formula is C17H25N3O. The van der Waals surface area contributed by atoms with Gasteiger partial charge < -0.3 is 15.1 Å². The third-order valence-corrected chi connectivity index (χ3v) is 2.94. The van der Waals surface area contributed by atoms with E-state index in [-0.39, 0.29) is 5.54 Å². The highest BCUT2D eigenvalue weighted by Gasteiger charge is 2.11. The van der Waals surface area contributed by atoms with Crippen LogP contribution in [0, 0.1) is 0 Å². The quantitative estimate of drug-likeness (QED) is 0.670. The predicted octanol–water partition coefficient (Wildman–Crippen LogP) is 3.33. The summed E-state index contributed by atoms with van der Waals surface area (Å²) in [5.41, 5.74) is 0.941. The van der Waals surface area contributed by atoms with Crippen LogP contribution in [0.3, 0.4) is 0 Å². The number of aliphatic imine (C=N–C) groups is 1. The molecule has 2 N–H and O–H groups in total. The Morgan fingerprint density at radius 1 is 1.24 bits per heavy atom. The van der Waals surface area contributed by atoms with Gasteiger partial charge in [-0.2, -0.15) is 0 Å². The van der Waals surface area contributed by atoms with Crippen LogP contribution < -0.4 is 10.6 Å². The maximum Gasteiger partial charge on any atom is 0.191 e. The van der Waals surface area contributed by atoms with Crippen molar-refractivity contribution < 1.29 is 4.42 Å². The fraction of sp³-hybridized carbons (Fsp3) is 0.471. The first-order valence-corrected chi connectivity index (χ1v) is 7.52. The fourth-order valence-electron chi connectivity index (χ4n) is 2.10. The molecule has 0 bridgehead atoms. The third-order valence-electron chi connectivity index (χ3n) is 2.94. The third kappa shape index (κ3) is 4.81. The number of benzene rings is 1. The molecule has 4 heteroatoms. The molecule has 0 unspecified atom stereocenters. The van der Waals surface area contributed by atoms with Crippen molar-refractivity contribution in [1.82, 2.24) is 10.6 Å². The summed E-state index contributed by atoms with van der Waals surface area (Å²) in [6.07, 6.45) is 0.801. The lowest BCUT2D eigenvalue weighted by Crippen LogP contribution is -2.47. The Hall–Kier alpha value is -1.97. The van der Waals surface area contributed by atoms with Crippen molar-refractivity contribution in [3.05, 3.63) is 36.1 Å². The second kappa shape index (κ2) is 6.66. The van der Waals surface area contributed by atoms with Crippen LogP contribution in [0.5, 0.6) is 0 Å². The number of hydrogen-bond donors (Lipinski definition) is 2. The van der Waals surface area contributed by atoms with Crippen LogP contribution in [-0.2, 0) is 6.42 Å². The van der Waals surface area contributed by atoms with Gasteiger partial charge in [-0.05, 0) is 39.8 Å². The number of para-hydroxylation sites is 1. The fourth-order valence-corrected chi connectivity index (χ4v) is 2.10. The molecule has 0 aliphatic rings. The predicted molar refractivity (Wildman–Crippen MR) is 88.8 cm³/mol. The summed E-state index contributed by atoms with van der Waals surface area (Å²) >= 11 is 0. The summed E-state index contributed by atoms with van der Waals surface area (Å²) in [4.78, 5) is 4.60. The highest BCUT2D eigenvalue weighted by Crippen LogP contribution is 2.18. The first-order valence-electron chi connectivity index (χ1n) is 7.52. The van der Waals surface area contributed by atoms with E-state index in [1.54, 1.807) is 0 Å². The van der Waals surface area contributed by atoms with Gasteiger partial charge in [0.2, 0.25) is 0 Å². The Balaban J connectivity index is 1.98. The van der Waals surface area contributed by atoms with E-state index in [0.717, 1.165) is 35.7 Å². The molecule has 0 spiro atoms. The van der Waals surface area contributed by atoms with Crippen molar-refractivity contribution in [3.63, 3.8) is 0 Å². The van der Waals surface area contributed by atoms with Crippen LogP contribution in [0.15, 0.2) is 39.7 Å². The number of nitrogens with zero attached hydrogens (tertiary/aromatic N) is 1. The Labute approximate surface area is 126 Å². The molecule has 0 amide bonds. The zero-order valence-corrected chi connectivity index (χ0v) is 13.4. The smallest absolute Gasteiger partial charge is 0.191 e. The van der Waals surface area contributed by atoms with Crippen molar-refractivity contribution in [2.24, 2.45) is 4.99 Å². The number of nitrogens with one attached hydrogen (secondary N) is 2. The van der Waals surface area contributed by atoms with E-state index in [2.05, 4.69) is 55.5 Å². The van der Waals surface area contributed by atoms with Gasteiger partial charge >= 0.3 is 0 Å². The van der Waals surface area contributed by atoms with Crippen LogP contribution in [0.1, 0.15) is 33.5 Å². The van der Waals surface area contributed by atoms with Crippen molar-refractivity contribution in [3.8, 4) is 0 Å². The van der Waals surface area contributed by atoms with Gasteiger partial charge in [0.05, 0.1) is 0 Å². The first-order chi connectivity index (χ1) is 9.98. The number of fused-ring (bicyclic) bond motifs is 1. The van der Waals surface area contributed by atoms with Crippen LogP contribution in [-0.4, -0.2) is 24.6 Å². The molecule has 0 radical (unpaired) electrons. The van der Waals surface area contributed by atoms with Crippen LogP contribution in [0.25, 0.3) is 11.0 Å². The number of guanidine groups is 1. The van der Waals surface area contributed by atoms with Crippen LogP contribution in [0.2, 0.25) is 0 Å². The number of rotatable bonds is 4. The van der Waals surface area contributed by atoms with Gasteiger partial charge in [0.1, 0.15) is 11.3 Å². The van der Waals surface area contributed by atoms with E-state index in [9.17, 15) is 0 Å². The zero-order valence-electron chi connectivity index (χ0n) is 13.4. The summed E-state index contributed by atoms with van der Waals surface area (Å²) < 4.78 is 5.80. The van der Waals surface area contributed by atoms with Gasteiger partial charge in [-0.3, -0.25) is 4.99 Å². The van der Waals surface area contributed by atoms with Gasteiger partial charge in [-0.1, -0.05) is 18.2 Å². The van der Waals surface area contributed by atoms with E-state index in [1.165, 1.54) is 0 Å². The molecule has 0 saturated heterocycles. The summed E-state index contributed by atoms with van der Waals surface area (Å²) in [5, 5.41) is 7.79. The van der Waals surface area contributed by atoms with E-state index in [0.29, 0.717) is 6.54 Å². The van der Waals surface area contributed by atoms with E-state index < -0.39 is 0 Å². The molecule has 0 aliphatic carbocycles. The average molecular weight is 287 g/mol. The molecule has 0 aliphatic heterocycles. The molecule has 114 valence electrons. The average Bonchev–Trinajstić information content (AvgIpc) is 2.79. The maximum absolute atomic E-state index is 5.80. The van der Waals surface area contributed by atoms with Gasteiger partial charge in [0, 0.05) is 30.4 Å². The van der Waals surface area contributed by atoms with Crippen molar-refractivity contribution in [2.45, 2.75) is 39.7 Å². The summed E-state index contributed by atoms with van der Waals surface area (Å²) in [6.45, 7) is 9.99. The van der Waals surface area contributed by atoms with Crippen molar-refractivity contribution in [1.29, 1.82) is 0 Å². The monoisotopic (exact) mass is 287 g/mol. The van der Waals surface area contributed by atoms with Gasteiger partial charge in [0.25, 0.3) is 0 Å². The van der Waals surface area contributed by atoms with Crippen LogP contribution >= 0.6 is 0 Å². The highest BCUT2D eigenvalue weighted by molar-refractivity contribution is 5.80. The minimum absolute atomic E-state index is 0.000363. The molecule has 0 saturated carbocycles. The Bertz CT molecular complexity index is 575. The minimum atomic E-state index is 0.000363. The standard InChI is InChI=1S/C17H25N3O/c1-5-18-16(20-17(2,3)4)19-11-10-14-12-13-8-6-7-9-15(13)21-14/h6-9,12H,5,10-11H2,1-4H3,(H2,18,19,20). The second-order valence-corrected chi connectivity index (χ2v) is 6.14. The lowest BCUT2D eigenvalue weighted by Gasteiger charge is -2.23. The second-order valence-electron chi connectivity index (χ2n) is 6.14. The molecule has 2 rings (SSSR count). The lowest BCUT2D eigenvalue weighted by atomic mass is 10.1. The number of hydrogen-bond acceptors (Lipinski definition) is 2. The molecule has 21 heavy (non-hydrogen) atoms. The maximum atomic E-state index is 5.80. The van der Waals surface area contributed by atoms with E-state index >= 15 is 0 Å². The Morgan fingerprint density at radius 2 is 2.00 bits per heavy atom. The van der Waals surface area contributed by atoms with E-state index in [1.807, 2.05) is 18.2 Å². The van der Waals surface area contributed by atoms with Crippen molar-refractivity contribution in [2.75, 3.05) is 13.1 Å².